The lowest BCUT2D eigenvalue weighted by Gasteiger charge is -2.38. The summed E-state index contributed by atoms with van der Waals surface area (Å²) in [6.45, 7) is 2.15. The highest BCUT2D eigenvalue weighted by molar-refractivity contribution is 7.09. The maximum atomic E-state index is 12.9. The number of rotatable bonds is 2. The molecule has 1 saturated heterocycles. The van der Waals surface area contributed by atoms with Gasteiger partial charge in [0.25, 0.3) is 0 Å². The molecule has 26 heavy (non-hydrogen) atoms. The van der Waals surface area contributed by atoms with Crippen molar-refractivity contribution in [1.29, 1.82) is 0 Å². The molecular weight excluding hydrogens is 369 g/mol. The number of alkyl halides is 3. The summed E-state index contributed by atoms with van der Waals surface area (Å²) in [6, 6.07) is 4.34. The van der Waals surface area contributed by atoms with Crippen LogP contribution in [0.4, 0.5) is 23.1 Å². The minimum absolute atomic E-state index is 0.150. The number of amides is 2. The molecule has 1 aliphatic rings. The second-order valence-corrected chi connectivity index (χ2v) is 6.93. The number of urea groups is 1. The number of aliphatic hydroxyl groups is 1. The smallest absolute Gasteiger partial charge is 0.385 e. The fourth-order valence-electron chi connectivity index (χ4n) is 2.87. The molecule has 2 N–H and O–H groups in total. The summed E-state index contributed by atoms with van der Waals surface area (Å²) in [5.74, 6) is 0.558. The van der Waals surface area contributed by atoms with E-state index in [0.717, 1.165) is 23.7 Å². The Kier molecular flexibility index (Phi) is 4.89. The largest absolute Gasteiger partial charge is 0.416 e. The van der Waals surface area contributed by atoms with E-state index in [9.17, 15) is 23.1 Å². The van der Waals surface area contributed by atoms with Crippen LogP contribution in [0.1, 0.15) is 29.8 Å². The van der Waals surface area contributed by atoms with Gasteiger partial charge in [0.15, 0.2) is 0 Å². The van der Waals surface area contributed by atoms with Crippen molar-refractivity contribution >= 4 is 22.7 Å². The number of likely N-dealkylation sites (tertiary alicyclic amines) is 1. The molecule has 1 fully saturated rings. The molecule has 0 saturated carbocycles. The molecule has 6 nitrogen and oxygen atoms in total. The molecule has 0 spiro atoms. The Morgan fingerprint density at radius 2 is 2.04 bits per heavy atom. The van der Waals surface area contributed by atoms with Gasteiger partial charge in [-0.25, -0.2) is 9.78 Å². The van der Waals surface area contributed by atoms with E-state index in [0.29, 0.717) is 11.0 Å². The highest BCUT2D eigenvalue weighted by atomic mass is 32.1. The first-order chi connectivity index (χ1) is 12.2. The minimum atomic E-state index is -4.47. The number of anilines is 1. The van der Waals surface area contributed by atoms with Crippen molar-refractivity contribution in [2.45, 2.75) is 31.5 Å². The van der Waals surface area contributed by atoms with Gasteiger partial charge in [0.2, 0.25) is 5.13 Å². The number of hydrogen-bond donors (Lipinski definition) is 2. The topological polar surface area (TPSA) is 78.4 Å². The molecule has 0 radical (unpaired) electrons. The monoisotopic (exact) mass is 386 g/mol. The number of benzene rings is 1. The van der Waals surface area contributed by atoms with Crippen molar-refractivity contribution in [2.24, 2.45) is 0 Å². The molecule has 0 aliphatic carbocycles. The summed E-state index contributed by atoms with van der Waals surface area (Å²) in [5.41, 5.74) is -1.97. The van der Waals surface area contributed by atoms with Crippen LogP contribution in [0.2, 0.25) is 0 Å². The predicted molar refractivity (Wildman–Crippen MR) is 89.8 cm³/mol. The number of nitrogens with one attached hydrogen (secondary N) is 1. The lowest BCUT2D eigenvalue weighted by atomic mass is 9.84. The van der Waals surface area contributed by atoms with Crippen LogP contribution >= 0.6 is 11.5 Å². The van der Waals surface area contributed by atoms with Crippen LogP contribution in [0.15, 0.2) is 24.3 Å². The molecule has 2 heterocycles. The molecule has 1 aliphatic heterocycles. The molecule has 0 atom stereocenters. The van der Waals surface area contributed by atoms with Gasteiger partial charge in [0, 0.05) is 24.6 Å². The van der Waals surface area contributed by atoms with Gasteiger partial charge in [-0.05, 0) is 37.5 Å². The number of hydrogen-bond acceptors (Lipinski definition) is 5. The molecule has 3 rings (SSSR count). The lowest BCUT2D eigenvalue weighted by Crippen LogP contribution is -2.46. The third-order valence-corrected chi connectivity index (χ3v) is 5.07. The molecule has 2 amide bonds. The predicted octanol–water partition coefficient (Wildman–Crippen LogP) is 3.38. The normalized spacial score (nSPS) is 17.2. The first kappa shape index (κ1) is 18.6. The van der Waals surface area contributed by atoms with Gasteiger partial charge in [-0.3, -0.25) is 5.32 Å². The highest BCUT2D eigenvalue weighted by Crippen LogP contribution is 2.36. The first-order valence-corrected chi connectivity index (χ1v) is 8.71. The number of nitrogens with zero attached hydrogens (tertiary/aromatic N) is 3. The van der Waals surface area contributed by atoms with Gasteiger partial charge in [0.1, 0.15) is 5.82 Å². The Hall–Kier alpha value is -2.20. The van der Waals surface area contributed by atoms with Crippen molar-refractivity contribution < 1.29 is 23.1 Å². The summed E-state index contributed by atoms with van der Waals surface area (Å²) < 4.78 is 42.6. The van der Waals surface area contributed by atoms with Crippen LogP contribution in [0.25, 0.3) is 0 Å². The van der Waals surface area contributed by atoms with Crippen LogP contribution in [0, 0.1) is 6.92 Å². The van der Waals surface area contributed by atoms with E-state index in [2.05, 4.69) is 14.7 Å². The average molecular weight is 386 g/mol. The number of carbonyl (C=O) groups excluding carboxylic acids is 1. The molecule has 0 bridgehead atoms. The van der Waals surface area contributed by atoms with Gasteiger partial charge in [0.05, 0.1) is 11.2 Å². The summed E-state index contributed by atoms with van der Waals surface area (Å²) in [5, 5.41) is 13.8. The molecular formula is C16H17F3N4O2S. The number of halogens is 3. The third kappa shape index (κ3) is 3.96. The third-order valence-electron chi connectivity index (χ3n) is 4.35. The van der Waals surface area contributed by atoms with Crippen LogP contribution in [0.3, 0.4) is 0 Å². The molecule has 0 unspecified atom stereocenters. The van der Waals surface area contributed by atoms with Crippen LogP contribution < -0.4 is 5.32 Å². The number of piperidine rings is 1. The Labute approximate surface area is 151 Å². The number of aryl methyl sites for hydroxylation is 1. The van der Waals surface area contributed by atoms with Crippen molar-refractivity contribution in [1.82, 2.24) is 14.3 Å². The first-order valence-electron chi connectivity index (χ1n) is 7.94. The van der Waals surface area contributed by atoms with Crippen LogP contribution in [-0.4, -0.2) is 38.5 Å². The van der Waals surface area contributed by atoms with E-state index >= 15 is 0 Å². The van der Waals surface area contributed by atoms with E-state index < -0.39 is 17.3 Å². The second kappa shape index (κ2) is 6.84. The Morgan fingerprint density at radius 3 is 2.62 bits per heavy atom. The van der Waals surface area contributed by atoms with E-state index in [-0.39, 0.29) is 37.5 Å². The maximum Gasteiger partial charge on any atom is 0.416 e. The van der Waals surface area contributed by atoms with E-state index in [1.54, 1.807) is 6.92 Å². The quantitative estimate of drug-likeness (QED) is 0.829. The Balaban J connectivity index is 1.66. The van der Waals surface area contributed by atoms with Crippen LogP contribution in [0.5, 0.6) is 0 Å². The number of carbonyl (C=O) groups is 1. The maximum absolute atomic E-state index is 12.9. The van der Waals surface area contributed by atoms with Gasteiger partial charge < -0.3 is 10.0 Å². The Morgan fingerprint density at radius 1 is 1.35 bits per heavy atom. The molecule has 1 aromatic carbocycles. The number of aromatic nitrogens is 2. The van der Waals surface area contributed by atoms with Crippen molar-refractivity contribution in [3.8, 4) is 0 Å². The Bertz CT molecular complexity index is 801. The molecule has 10 heteroatoms. The fourth-order valence-corrected chi connectivity index (χ4v) is 3.44. The molecule has 2 aromatic rings. The average Bonchev–Trinajstić information content (AvgIpc) is 2.99. The summed E-state index contributed by atoms with van der Waals surface area (Å²) >= 11 is 1.07. The van der Waals surface area contributed by atoms with Gasteiger partial charge in [-0.1, -0.05) is 12.1 Å². The summed E-state index contributed by atoms with van der Waals surface area (Å²) in [6.07, 6.45) is -4.17. The molecule has 1 aromatic heterocycles. The van der Waals surface area contributed by atoms with Crippen molar-refractivity contribution in [3.63, 3.8) is 0 Å². The minimum Gasteiger partial charge on any atom is -0.385 e. The second-order valence-electron chi connectivity index (χ2n) is 6.17. The van der Waals surface area contributed by atoms with Crippen molar-refractivity contribution in [2.75, 3.05) is 18.4 Å². The zero-order valence-electron chi connectivity index (χ0n) is 13.9. The fraction of sp³-hybridized carbons (Fsp3) is 0.438. The zero-order chi connectivity index (χ0) is 18.9. The van der Waals surface area contributed by atoms with Gasteiger partial charge in [-0.15, -0.1) is 0 Å². The van der Waals surface area contributed by atoms with E-state index in [1.807, 2.05) is 0 Å². The van der Waals surface area contributed by atoms with E-state index in [1.165, 1.54) is 17.0 Å². The SMILES string of the molecule is Cc1nsc(NC(=O)N2CCC(O)(c3cccc(C(F)(F)F)c3)CC2)n1. The van der Waals surface area contributed by atoms with Gasteiger partial charge in [-0.2, -0.15) is 17.5 Å². The summed E-state index contributed by atoms with van der Waals surface area (Å²) in [4.78, 5) is 17.8. The summed E-state index contributed by atoms with van der Waals surface area (Å²) in [7, 11) is 0. The van der Waals surface area contributed by atoms with E-state index in [4.69, 9.17) is 0 Å². The lowest BCUT2D eigenvalue weighted by molar-refractivity contribution is -0.137. The standard InChI is InChI=1S/C16H17F3N4O2S/c1-10-20-13(26-22-10)21-14(24)23-7-5-15(25,6-8-23)11-3-2-4-12(9-11)16(17,18)19/h2-4,9,25H,5-8H2,1H3,(H,20,21,22,24). The van der Waals surface area contributed by atoms with Crippen LogP contribution in [-0.2, 0) is 11.8 Å². The highest BCUT2D eigenvalue weighted by Gasteiger charge is 2.38. The van der Waals surface area contributed by atoms with Gasteiger partial charge >= 0.3 is 12.2 Å². The zero-order valence-corrected chi connectivity index (χ0v) is 14.7. The molecule has 140 valence electrons. The van der Waals surface area contributed by atoms with Crippen molar-refractivity contribution in [3.05, 3.63) is 41.2 Å².